The Morgan fingerprint density at radius 2 is 2.33 bits per heavy atom. The standard InChI is InChI=1S/C9H15BrO2/c1-2-4-9(11)12-8-6-3-5-7(8)10/h7-8H,2-6H2,1H3. The van der Waals surface area contributed by atoms with E-state index in [-0.39, 0.29) is 12.1 Å². The Labute approximate surface area is 81.8 Å². The third-order valence-corrected chi connectivity index (χ3v) is 3.16. The maximum absolute atomic E-state index is 11.1. The monoisotopic (exact) mass is 234 g/mol. The fourth-order valence-electron chi connectivity index (χ4n) is 1.45. The van der Waals surface area contributed by atoms with Crippen LogP contribution in [0.4, 0.5) is 0 Å². The Bertz CT molecular complexity index is 159. The van der Waals surface area contributed by atoms with Gasteiger partial charge < -0.3 is 4.74 Å². The van der Waals surface area contributed by atoms with Crippen molar-refractivity contribution in [2.75, 3.05) is 0 Å². The molecular formula is C9H15BrO2. The molecule has 2 nitrogen and oxygen atoms in total. The number of carbonyl (C=O) groups excluding carboxylic acids is 1. The van der Waals surface area contributed by atoms with E-state index >= 15 is 0 Å². The molecule has 0 aliphatic heterocycles. The maximum Gasteiger partial charge on any atom is 0.306 e. The largest absolute Gasteiger partial charge is 0.461 e. The van der Waals surface area contributed by atoms with Crippen LogP contribution < -0.4 is 0 Å². The minimum atomic E-state index is -0.0474. The molecule has 12 heavy (non-hydrogen) atoms. The highest BCUT2D eigenvalue weighted by molar-refractivity contribution is 9.09. The lowest BCUT2D eigenvalue weighted by Gasteiger charge is -2.14. The van der Waals surface area contributed by atoms with Crippen molar-refractivity contribution in [3.05, 3.63) is 0 Å². The van der Waals surface area contributed by atoms with Crippen LogP contribution in [0.2, 0.25) is 0 Å². The summed E-state index contributed by atoms with van der Waals surface area (Å²) < 4.78 is 5.28. The minimum Gasteiger partial charge on any atom is -0.461 e. The van der Waals surface area contributed by atoms with E-state index in [4.69, 9.17) is 4.74 Å². The smallest absolute Gasteiger partial charge is 0.306 e. The second kappa shape index (κ2) is 4.85. The van der Waals surface area contributed by atoms with E-state index in [0.29, 0.717) is 11.2 Å². The molecule has 0 N–H and O–H groups in total. The van der Waals surface area contributed by atoms with Gasteiger partial charge in [-0.05, 0) is 25.7 Å². The van der Waals surface area contributed by atoms with E-state index in [0.717, 1.165) is 19.3 Å². The first-order valence-corrected chi connectivity index (χ1v) is 5.49. The first kappa shape index (κ1) is 10.0. The van der Waals surface area contributed by atoms with Crippen LogP contribution in [0.1, 0.15) is 39.0 Å². The van der Waals surface area contributed by atoms with Gasteiger partial charge in [-0.3, -0.25) is 4.79 Å². The van der Waals surface area contributed by atoms with Crippen molar-refractivity contribution in [2.45, 2.75) is 50.0 Å². The van der Waals surface area contributed by atoms with Crippen LogP contribution in [0, 0.1) is 0 Å². The Morgan fingerprint density at radius 1 is 1.58 bits per heavy atom. The number of esters is 1. The van der Waals surface area contributed by atoms with Crippen molar-refractivity contribution in [1.29, 1.82) is 0 Å². The number of halogens is 1. The molecule has 70 valence electrons. The summed E-state index contributed by atoms with van der Waals surface area (Å²) >= 11 is 3.51. The molecule has 0 aromatic carbocycles. The summed E-state index contributed by atoms with van der Waals surface area (Å²) in [6, 6.07) is 0. The number of ether oxygens (including phenoxy) is 1. The van der Waals surface area contributed by atoms with Crippen LogP contribution in [-0.2, 0) is 9.53 Å². The maximum atomic E-state index is 11.1. The molecule has 0 amide bonds. The Hall–Kier alpha value is -0.0500. The van der Waals surface area contributed by atoms with Crippen LogP contribution in [0.25, 0.3) is 0 Å². The number of hydrogen-bond donors (Lipinski definition) is 0. The highest BCUT2D eigenvalue weighted by Crippen LogP contribution is 2.28. The van der Waals surface area contributed by atoms with Gasteiger partial charge in [0.25, 0.3) is 0 Å². The predicted octanol–water partition coefficient (Wildman–Crippen LogP) is 2.65. The van der Waals surface area contributed by atoms with Crippen LogP contribution >= 0.6 is 15.9 Å². The molecular weight excluding hydrogens is 220 g/mol. The highest BCUT2D eigenvalue weighted by atomic mass is 79.9. The Kier molecular flexibility index (Phi) is 4.06. The molecule has 1 rings (SSSR count). The molecule has 0 bridgehead atoms. The van der Waals surface area contributed by atoms with Gasteiger partial charge in [0, 0.05) is 6.42 Å². The van der Waals surface area contributed by atoms with Gasteiger partial charge in [-0.1, -0.05) is 22.9 Å². The molecule has 2 atom stereocenters. The first-order valence-electron chi connectivity index (χ1n) is 4.57. The van der Waals surface area contributed by atoms with Gasteiger partial charge in [0.05, 0.1) is 4.83 Å². The summed E-state index contributed by atoms with van der Waals surface area (Å²) in [7, 11) is 0. The van der Waals surface area contributed by atoms with Gasteiger partial charge in [0.15, 0.2) is 0 Å². The number of rotatable bonds is 3. The molecule has 0 aromatic heterocycles. The Morgan fingerprint density at radius 3 is 2.83 bits per heavy atom. The van der Waals surface area contributed by atoms with Gasteiger partial charge in [-0.15, -0.1) is 0 Å². The topological polar surface area (TPSA) is 26.3 Å². The molecule has 0 heterocycles. The quantitative estimate of drug-likeness (QED) is 0.555. The van der Waals surface area contributed by atoms with Gasteiger partial charge >= 0.3 is 5.97 Å². The summed E-state index contributed by atoms with van der Waals surface area (Å²) in [5.74, 6) is -0.0474. The highest BCUT2D eigenvalue weighted by Gasteiger charge is 2.27. The first-order chi connectivity index (χ1) is 5.74. The van der Waals surface area contributed by atoms with Gasteiger partial charge in [0.1, 0.15) is 6.10 Å². The molecule has 0 spiro atoms. The molecule has 3 heteroatoms. The van der Waals surface area contributed by atoms with Crippen LogP contribution in [-0.4, -0.2) is 16.9 Å². The minimum absolute atomic E-state index is 0.0474. The molecule has 1 saturated carbocycles. The molecule has 1 aliphatic carbocycles. The van der Waals surface area contributed by atoms with E-state index in [2.05, 4.69) is 15.9 Å². The zero-order valence-corrected chi connectivity index (χ0v) is 8.97. The lowest BCUT2D eigenvalue weighted by atomic mass is 10.3. The van der Waals surface area contributed by atoms with E-state index < -0.39 is 0 Å². The molecule has 1 fully saturated rings. The molecule has 0 radical (unpaired) electrons. The third-order valence-electron chi connectivity index (χ3n) is 2.11. The van der Waals surface area contributed by atoms with Crippen LogP contribution in [0.15, 0.2) is 0 Å². The van der Waals surface area contributed by atoms with Crippen molar-refractivity contribution in [3.8, 4) is 0 Å². The lowest BCUT2D eigenvalue weighted by molar-refractivity contribution is -0.148. The predicted molar refractivity (Wildman–Crippen MR) is 51.4 cm³/mol. The van der Waals surface area contributed by atoms with Gasteiger partial charge in [-0.25, -0.2) is 0 Å². The third kappa shape index (κ3) is 2.77. The Balaban J connectivity index is 2.25. The molecule has 2 unspecified atom stereocenters. The zero-order valence-electron chi connectivity index (χ0n) is 7.38. The van der Waals surface area contributed by atoms with Crippen LogP contribution in [0.3, 0.4) is 0 Å². The molecule has 0 aromatic rings. The number of alkyl halides is 1. The summed E-state index contributed by atoms with van der Waals surface area (Å²) in [6.07, 6.45) is 4.87. The van der Waals surface area contributed by atoms with Crippen molar-refractivity contribution >= 4 is 21.9 Å². The van der Waals surface area contributed by atoms with Gasteiger partial charge in [-0.2, -0.15) is 0 Å². The molecule has 1 aliphatic rings. The summed E-state index contributed by atoms with van der Waals surface area (Å²) in [4.78, 5) is 11.5. The van der Waals surface area contributed by atoms with Crippen molar-refractivity contribution in [1.82, 2.24) is 0 Å². The fraction of sp³-hybridized carbons (Fsp3) is 0.889. The lowest BCUT2D eigenvalue weighted by Crippen LogP contribution is -2.21. The van der Waals surface area contributed by atoms with E-state index in [1.54, 1.807) is 0 Å². The van der Waals surface area contributed by atoms with E-state index in [1.807, 2.05) is 6.92 Å². The van der Waals surface area contributed by atoms with Crippen molar-refractivity contribution in [3.63, 3.8) is 0 Å². The zero-order chi connectivity index (χ0) is 8.97. The van der Waals surface area contributed by atoms with Crippen molar-refractivity contribution in [2.24, 2.45) is 0 Å². The fourth-order valence-corrected chi connectivity index (χ4v) is 2.14. The van der Waals surface area contributed by atoms with Crippen LogP contribution in [0.5, 0.6) is 0 Å². The summed E-state index contributed by atoms with van der Waals surface area (Å²) in [5.41, 5.74) is 0. The SMILES string of the molecule is CCCC(=O)OC1CCCC1Br. The van der Waals surface area contributed by atoms with Gasteiger partial charge in [0.2, 0.25) is 0 Å². The average Bonchev–Trinajstić information content (AvgIpc) is 2.37. The number of carbonyl (C=O) groups is 1. The molecule has 0 saturated heterocycles. The summed E-state index contributed by atoms with van der Waals surface area (Å²) in [6.45, 7) is 1.99. The second-order valence-electron chi connectivity index (χ2n) is 3.23. The van der Waals surface area contributed by atoms with E-state index in [1.165, 1.54) is 6.42 Å². The van der Waals surface area contributed by atoms with E-state index in [9.17, 15) is 4.79 Å². The summed E-state index contributed by atoms with van der Waals surface area (Å²) in [5, 5.41) is 0. The second-order valence-corrected chi connectivity index (χ2v) is 4.40. The van der Waals surface area contributed by atoms with Crippen molar-refractivity contribution < 1.29 is 9.53 Å². The average molecular weight is 235 g/mol. The normalized spacial score (nSPS) is 28.8. The number of hydrogen-bond acceptors (Lipinski definition) is 2.